The molecule has 4 nitrogen and oxygen atoms in total. The zero-order chi connectivity index (χ0) is 14.9. The molecule has 1 aliphatic rings. The molecule has 2 atom stereocenters. The first-order valence-corrected chi connectivity index (χ1v) is 7.50. The molecule has 0 amide bonds. The van der Waals surface area contributed by atoms with E-state index in [-0.39, 0.29) is 5.60 Å². The van der Waals surface area contributed by atoms with E-state index in [0.29, 0.717) is 6.04 Å². The van der Waals surface area contributed by atoms with Gasteiger partial charge in [-0.1, -0.05) is 30.3 Å². The fourth-order valence-corrected chi connectivity index (χ4v) is 3.04. The van der Waals surface area contributed by atoms with Crippen LogP contribution in [0.3, 0.4) is 0 Å². The number of aromatic nitrogens is 2. The maximum absolute atomic E-state index is 6.09. The number of hydrogen-bond acceptors (Lipinski definition) is 3. The lowest BCUT2D eigenvalue weighted by Crippen LogP contribution is -2.48. The van der Waals surface area contributed by atoms with E-state index >= 15 is 0 Å². The molecule has 4 heteroatoms. The number of ether oxygens (including phenoxy) is 1. The van der Waals surface area contributed by atoms with Gasteiger partial charge in [0.15, 0.2) is 0 Å². The van der Waals surface area contributed by atoms with Gasteiger partial charge in [0.05, 0.1) is 12.8 Å². The van der Waals surface area contributed by atoms with E-state index in [2.05, 4.69) is 60.4 Å². The zero-order valence-electron chi connectivity index (χ0n) is 13.0. The maximum Gasteiger partial charge on any atom is 0.106 e. The summed E-state index contributed by atoms with van der Waals surface area (Å²) in [4.78, 5) is 2.49. The molecule has 112 valence electrons. The van der Waals surface area contributed by atoms with Crippen LogP contribution >= 0.6 is 0 Å². The van der Waals surface area contributed by atoms with Gasteiger partial charge in [0, 0.05) is 37.9 Å². The number of nitrogens with zero attached hydrogens (tertiary/aromatic N) is 3. The predicted molar refractivity (Wildman–Crippen MR) is 82.9 cm³/mol. The van der Waals surface area contributed by atoms with Crippen molar-refractivity contribution in [3.8, 4) is 0 Å². The fourth-order valence-electron chi connectivity index (χ4n) is 3.04. The van der Waals surface area contributed by atoms with Gasteiger partial charge in [-0.15, -0.1) is 0 Å². The Balaban J connectivity index is 1.79. The predicted octanol–water partition coefficient (Wildman–Crippen LogP) is 2.73. The van der Waals surface area contributed by atoms with Crippen molar-refractivity contribution in [2.24, 2.45) is 7.05 Å². The average molecular weight is 285 g/mol. The molecule has 2 heterocycles. The number of morpholine rings is 1. The van der Waals surface area contributed by atoms with Crippen LogP contribution in [0.2, 0.25) is 0 Å². The third-order valence-corrected chi connectivity index (χ3v) is 4.45. The summed E-state index contributed by atoms with van der Waals surface area (Å²) < 4.78 is 7.92. The van der Waals surface area contributed by atoms with E-state index in [4.69, 9.17) is 4.74 Å². The normalized spacial score (nSPS) is 24.9. The van der Waals surface area contributed by atoms with Gasteiger partial charge in [-0.3, -0.25) is 9.58 Å². The average Bonchev–Trinajstić information content (AvgIpc) is 2.95. The molecule has 0 unspecified atom stereocenters. The van der Waals surface area contributed by atoms with E-state index in [1.54, 1.807) is 0 Å². The van der Waals surface area contributed by atoms with Crippen molar-refractivity contribution < 1.29 is 4.74 Å². The molecular formula is C17H23N3O. The molecule has 0 saturated carbocycles. The summed E-state index contributed by atoms with van der Waals surface area (Å²) >= 11 is 0. The van der Waals surface area contributed by atoms with Crippen LogP contribution in [0.25, 0.3) is 0 Å². The minimum atomic E-state index is -0.282. The second kappa shape index (κ2) is 5.62. The highest BCUT2D eigenvalue weighted by atomic mass is 16.5. The monoisotopic (exact) mass is 285 g/mol. The van der Waals surface area contributed by atoms with Crippen molar-refractivity contribution in [2.45, 2.75) is 25.5 Å². The van der Waals surface area contributed by atoms with Gasteiger partial charge in [0.2, 0.25) is 0 Å². The van der Waals surface area contributed by atoms with Crippen molar-refractivity contribution in [1.29, 1.82) is 0 Å². The van der Waals surface area contributed by atoms with Crippen LogP contribution in [-0.2, 0) is 17.4 Å². The van der Waals surface area contributed by atoms with E-state index in [0.717, 1.165) is 25.3 Å². The van der Waals surface area contributed by atoms with Crippen LogP contribution in [0.15, 0.2) is 42.7 Å². The smallest absolute Gasteiger partial charge is 0.106 e. The molecule has 0 radical (unpaired) electrons. The Morgan fingerprint density at radius 2 is 2.05 bits per heavy atom. The molecule has 2 aromatic rings. The van der Waals surface area contributed by atoms with Gasteiger partial charge >= 0.3 is 0 Å². The molecule has 0 aliphatic carbocycles. The number of rotatable bonds is 3. The number of benzene rings is 1. The first-order chi connectivity index (χ1) is 10.1. The molecule has 1 fully saturated rings. The largest absolute Gasteiger partial charge is 0.368 e. The van der Waals surface area contributed by atoms with E-state index in [1.165, 1.54) is 5.56 Å². The van der Waals surface area contributed by atoms with E-state index in [1.807, 2.05) is 17.9 Å². The molecule has 1 aliphatic heterocycles. The van der Waals surface area contributed by atoms with Crippen LogP contribution in [0.1, 0.15) is 31.0 Å². The van der Waals surface area contributed by atoms with Crippen molar-refractivity contribution in [2.75, 3.05) is 19.7 Å². The summed E-state index contributed by atoms with van der Waals surface area (Å²) in [5, 5.41) is 4.28. The van der Waals surface area contributed by atoms with Crippen LogP contribution in [0.4, 0.5) is 0 Å². The van der Waals surface area contributed by atoms with Crippen LogP contribution < -0.4 is 0 Å². The molecule has 3 rings (SSSR count). The van der Waals surface area contributed by atoms with E-state index < -0.39 is 0 Å². The lowest BCUT2D eigenvalue weighted by Gasteiger charge is -2.42. The van der Waals surface area contributed by atoms with Crippen molar-refractivity contribution in [3.63, 3.8) is 0 Å². The summed E-state index contributed by atoms with van der Waals surface area (Å²) in [6.45, 7) is 7.03. The summed E-state index contributed by atoms with van der Waals surface area (Å²) in [6.07, 6.45) is 3.97. The molecular weight excluding hydrogens is 262 g/mol. The van der Waals surface area contributed by atoms with Crippen molar-refractivity contribution in [3.05, 3.63) is 53.9 Å². The minimum Gasteiger partial charge on any atom is -0.368 e. The standard InChI is InChI=1S/C17H23N3O/c1-14(15-7-5-4-6-8-15)20-9-10-21-17(2,13-20)16-11-18-19(3)12-16/h4-8,11-12,14H,9-10,13H2,1-3H3/t14-,17+/m1/s1. The summed E-state index contributed by atoms with van der Waals surface area (Å²) in [5.74, 6) is 0. The molecule has 1 saturated heterocycles. The third-order valence-electron chi connectivity index (χ3n) is 4.45. The molecule has 21 heavy (non-hydrogen) atoms. The molecule has 0 N–H and O–H groups in total. The summed E-state index contributed by atoms with van der Waals surface area (Å²) in [5.41, 5.74) is 2.22. The Bertz CT molecular complexity index is 595. The SMILES string of the molecule is C[C@H](c1ccccc1)N1CCO[C@](C)(c2cnn(C)c2)C1. The number of hydrogen-bond donors (Lipinski definition) is 0. The molecule has 1 aromatic carbocycles. The van der Waals surface area contributed by atoms with Gasteiger partial charge in [0.1, 0.15) is 5.60 Å². The third kappa shape index (κ3) is 2.87. The van der Waals surface area contributed by atoms with Gasteiger partial charge in [0.25, 0.3) is 0 Å². The van der Waals surface area contributed by atoms with Crippen molar-refractivity contribution in [1.82, 2.24) is 14.7 Å². The topological polar surface area (TPSA) is 30.3 Å². The minimum absolute atomic E-state index is 0.282. The Morgan fingerprint density at radius 1 is 1.29 bits per heavy atom. The quantitative estimate of drug-likeness (QED) is 0.868. The maximum atomic E-state index is 6.09. The van der Waals surface area contributed by atoms with Gasteiger partial charge in [-0.05, 0) is 19.4 Å². The Labute approximate surface area is 126 Å². The highest BCUT2D eigenvalue weighted by molar-refractivity contribution is 5.20. The Hall–Kier alpha value is -1.65. The summed E-state index contributed by atoms with van der Waals surface area (Å²) in [7, 11) is 1.94. The van der Waals surface area contributed by atoms with Crippen LogP contribution in [0.5, 0.6) is 0 Å². The van der Waals surface area contributed by atoms with Crippen LogP contribution in [0, 0.1) is 0 Å². The highest BCUT2D eigenvalue weighted by Gasteiger charge is 2.36. The number of aryl methyl sites for hydroxylation is 1. The van der Waals surface area contributed by atoms with Gasteiger partial charge in [-0.25, -0.2) is 0 Å². The Morgan fingerprint density at radius 3 is 2.71 bits per heavy atom. The lowest BCUT2D eigenvalue weighted by molar-refractivity contribution is -0.112. The second-order valence-corrected chi connectivity index (χ2v) is 6.04. The highest BCUT2D eigenvalue weighted by Crippen LogP contribution is 2.33. The van der Waals surface area contributed by atoms with E-state index in [9.17, 15) is 0 Å². The lowest BCUT2D eigenvalue weighted by atomic mass is 9.95. The first-order valence-electron chi connectivity index (χ1n) is 7.50. The van der Waals surface area contributed by atoms with Crippen molar-refractivity contribution >= 4 is 0 Å². The fraction of sp³-hybridized carbons (Fsp3) is 0.471. The zero-order valence-corrected chi connectivity index (χ0v) is 13.0. The first kappa shape index (κ1) is 14.3. The van der Waals surface area contributed by atoms with Gasteiger partial charge < -0.3 is 4.74 Å². The van der Waals surface area contributed by atoms with Crippen LogP contribution in [-0.4, -0.2) is 34.4 Å². The second-order valence-electron chi connectivity index (χ2n) is 6.04. The molecule has 1 aromatic heterocycles. The Kier molecular flexibility index (Phi) is 3.83. The van der Waals surface area contributed by atoms with Gasteiger partial charge in [-0.2, -0.15) is 5.10 Å². The molecule has 0 bridgehead atoms. The summed E-state index contributed by atoms with van der Waals surface area (Å²) in [6, 6.07) is 11.1. The molecule has 0 spiro atoms.